The van der Waals surface area contributed by atoms with Crippen LogP contribution in [0.2, 0.25) is 0 Å². The molecule has 0 aromatic heterocycles. The van der Waals surface area contributed by atoms with E-state index in [1.165, 1.54) is 18.2 Å². The lowest BCUT2D eigenvalue weighted by molar-refractivity contribution is -0.115. The van der Waals surface area contributed by atoms with Crippen LogP contribution in [0.5, 0.6) is 0 Å². The first-order valence-electron chi connectivity index (χ1n) is 4.83. The van der Waals surface area contributed by atoms with E-state index >= 15 is 0 Å². The van der Waals surface area contributed by atoms with E-state index in [-0.39, 0.29) is 23.3 Å². The summed E-state index contributed by atoms with van der Waals surface area (Å²) in [4.78, 5) is 11.2. The molecule has 2 rings (SSSR count). The molecule has 1 atom stereocenters. The number of benzene rings is 1. The molecule has 15 heavy (non-hydrogen) atoms. The van der Waals surface area contributed by atoms with Gasteiger partial charge >= 0.3 is 0 Å². The molecule has 0 amide bonds. The van der Waals surface area contributed by atoms with Gasteiger partial charge in [-0.2, -0.15) is 0 Å². The fourth-order valence-electron chi connectivity index (χ4n) is 1.84. The van der Waals surface area contributed by atoms with Crippen molar-refractivity contribution in [2.75, 3.05) is 0 Å². The van der Waals surface area contributed by atoms with Gasteiger partial charge in [-0.3, -0.25) is 4.79 Å². The first-order valence-corrected chi connectivity index (χ1v) is 4.83. The molecule has 1 aromatic rings. The van der Waals surface area contributed by atoms with Crippen LogP contribution in [-0.4, -0.2) is 10.9 Å². The van der Waals surface area contributed by atoms with Crippen molar-refractivity contribution >= 4 is 5.78 Å². The third-order valence-corrected chi connectivity index (χ3v) is 2.57. The molecular formula is C12H11FO2. The Morgan fingerprint density at radius 3 is 2.47 bits per heavy atom. The maximum Gasteiger partial charge on any atom is 0.159 e. The molecule has 0 saturated carbocycles. The summed E-state index contributed by atoms with van der Waals surface area (Å²) < 4.78 is 12.7. The SMILES string of the molecule is O=C1C=C(O)C[C@@H](c2ccc(F)cc2)C1. The summed E-state index contributed by atoms with van der Waals surface area (Å²) in [6.07, 6.45) is 2.10. The molecule has 0 spiro atoms. The van der Waals surface area contributed by atoms with Gasteiger partial charge in [-0.1, -0.05) is 12.1 Å². The van der Waals surface area contributed by atoms with Crippen LogP contribution in [0, 0.1) is 5.82 Å². The summed E-state index contributed by atoms with van der Waals surface area (Å²) >= 11 is 0. The van der Waals surface area contributed by atoms with Crippen molar-refractivity contribution < 1.29 is 14.3 Å². The number of aliphatic hydroxyl groups excluding tert-OH is 1. The highest BCUT2D eigenvalue weighted by Crippen LogP contribution is 2.30. The molecule has 3 heteroatoms. The van der Waals surface area contributed by atoms with Crippen molar-refractivity contribution in [2.45, 2.75) is 18.8 Å². The van der Waals surface area contributed by atoms with Gasteiger partial charge in [0.1, 0.15) is 5.82 Å². The number of allylic oxidation sites excluding steroid dienone is 2. The molecule has 2 nitrogen and oxygen atoms in total. The molecule has 1 aliphatic rings. The summed E-state index contributed by atoms with van der Waals surface area (Å²) in [6, 6.07) is 6.06. The molecule has 0 bridgehead atoms. The highest BCUT2D eigenvalue weighted by atomic mass is 19.1. The molecule has 0 radical (unpaired) electrons. The first-order chi connectivity index (χ1) is 7.15. The predicted octanol–water partition coefficient (Wildman–Crippen LogP) is 2.71. The van der Waals surface area contributed by atoms with E-state index in [4.69, 9.17) is 0 Å². The van der Waals surface area contributed by atoms with Gasteiger partial charge in [0.15, 0.2) is 5.78 Å². The summed E-state index contributed by atoms with van der Waals surface area (Å²) in [6.45, 7) is 0. The second-order valence-corrected chi connectivity index (χ2v) is 3.76. The summed E-state index contributed by atoms with van der Waals surface area (Å²) in [5.41, 5.74) is 0.893. The van der Waals surface area contributed by atoms with E-state index in [0.29, 0.717) is 12.8 Å². The standard InChI is InChI=1S/C12H11FO2/c13-10-3-1-8(2-4-10)9-5-11(14)7-12(15)6-9/h1-4,7,9,14H,5-6H2/t9-/m1/s1. The third-order valence-electron chi connectivity index (χ3n) is 2.57. The molecule has 78 valence electrons. The van der Waals surface area contributed by atoms with Crippen LogP contribution in [0.25, 0.3) is 0 Å². The number of carbonyl (C=O) groups excluding carboxylic acids is 1. The van der Waals surface area contributed by atoms with Gasteiger partial charge in [0.2, 0.25) is 0 Å². The van der Waals surface area contributed by atoms with Gasteiger partial charge in [0.05, 0.1) is 5.76 Å². The van der Waals surface area contributed by atoms with E-state index in [1.54, 1.807) is 12.1 Å². The summed E-state index contributed by atoms with van der Waals surface area (Å²) in [5.74, 6) is -0.280. The molecule has 0 saturated heterocycles. The van der Waals surface area contributed by atoms with Crippen LogP contribution in [0.1, 0.15) is 24.3 Å². The molecule has 1 N–H and O–H groups in total. The number of rotatable bonds is 1. The van der Waals surface area contributed by atoms with E-state index in [2.05, 4.69) is 0 Å². The number of ketones is 1. The van der Waals surface area contributed by atoms with Crippen LogP contribution < -0.4 is 0 Å². The second-order valence-electron chi connectivity index (χ2n) is 3.76. The monoisotopic (exact) mass is 206 g/mol. The lowest BCUT2D eigenvalue weighted by Gasteiger charge is -2.19. The maximum absolute atomic E-state index is 12.7. The van der Waals surface area contributed by atoms with Crippen LogP contribution in [0.4, 0.5) is 4.39 Å². The lowest BCUT2D eigenvalue weighted by atomic mass is 9.86. The van der Waals surface area contributed by atoms with Gasteiger partial charge in [-0.05, 0) is 23.6 Å². The van der Waals surface area contributed by atoms with Gasteiger partial charge < -0.3 is 5.11 Å². The Kier molecular flexibility index (Phi) is 2.54. The topological polar surface area (TPSA) is 37.3 Å². The van der Waals surface area contributed by atoms with Crippen molar-refractivity contribution in [3.8, 4) is 0 Å². The van der Waals surface area contributed by atoms with E-state index in [1.807, 2.05) is 0 Å². The van der Waals surface area contributed by atoms with Crippen molar-refractivity contribution in [3.05, 3.63) is 47.5 Å². The number of hydrogen-bond donors (Lipinski definition) is 1. The number of hydrogen-bond acceptors (Lipinski definition) is 2. The first kappa shape index (κ1) is 9.90. The summed E-state index contributed by atoms with van der Waals surface area (Å²) in [7, 11) is 0. The summed E-state index contributed by atoms with van der Waals surface area (Å²) in [5, 5.41) is 9.33. The Bertz CT molecular complexity index is 406. The van der Waals surface area contributed by atoms with E-state index < -0.39 is 0 Å². The molecular weight excluding hydrogens is 195 g/mol. The molecule has 1 aromatic carbocycles. The second kappa shape index (κ2) is 3.85. The predicted molar refractivity (Wildman–Crippen MR) is 54.1 cm³/mol. The van der Waals surface area contributed by atoms with Gasteiger partial charge in [0.25, 0.3) is 0 Å². The zero-order valence-electron chi connectivity index (χ0n) is 8.11. The molecule has 1 aliphatic carbocycles. The zero-order chi connectivity index (χ0) is 10.8. The normalized spacial score (nSPS) is 21.3. The Balaban J connectivity index is 2.22. The van der Waals surface area contributed by atoms with Gasteiger partial charge in [-0.25, -0.2) is 4.39 Å². The fourth-order valence-corrected chi connectivity index (χ4v) is 1.84. The highest BCUT2D eigenvalue weighted by Gasteiger charge is 2.21. The minimum atomic E-state index is -0.291. The Morgan fingerprint density at radius 1 is 1.20 bits per heavy atom. The van der Waals surface area contributed by atoms with E-state index in [0.717, 1.165) is 5.56 Å². The minimum absolute atomic E-state index is 0.0249. The van der Waals surface area contributed by atoms with Crippen LogP contribution in [0.3, 0.4) is 0 Å². The number of aliphatic hydroxyl groups is 1. The number of carbonyl (C=O) groups is 1. The Morgan fingerprint density at radius 2 is 1.87 bits per heavy atom. The molecule has 0 unspecified atom stereocenters. The van der Waals surface area contributed by atoms with Crippen LogP contribution in [-0.2, 0) is 4.79 Å². The molecule has 0 heterocycles. The Hall–Kier alpha value is -1.64. The average molecular weight is 206 g/mol. The maximum atomic E-state index is 12.7. The van der Waals surface area contributed by atoms with Crippen molar-refractivity contribution in [2.24, 2.45) is 0 Å². The largest absolute Gasteiger partial charge is 0.512 e. The van der Waals surface area contributed by atoms with Crippen molar-refractivity contribution in [1.82, 2.24) is 0 Å². The molecule has 0 aliphatic heterocycles. The zero-order valence-corrected chi connectivity index (χ0v) is 8.11. The Labute approximate surface area is 87.0 Å². The molecule has 0 fully saturated rings. The minimum Gasteiger partial charge on any atom is -0.512 e. The highest BCUT2D eigenvalue weighted by molar-refractivity contribution is 5.91. The van der Waals surface area contributed by atoms with Gasteiger partial charge in [-0.15, -0.1) is 0 Å². The fraction of sp³-hybridized carbons (Fsp3) is 0.250. The van der Waals surface area contributed by atoms with Crippen LogP contribution in [0.15, 0.2) is 36.1 Å². The lowest BCUT2D eigenvalue weighted by Crippen LogP contribution is -2.12. The number of halogens is 1. The van der Waals surface area contributed by atoms with Crippen molar-refractivity contribution in [3.63, 3.8) is 0 Å². The smallest absolute Gasteiger partial charge is 0.159 e. The third kappa shape index (κ3) is 2.24. The van der Waals surface area contributed by atoms with E-state index in [9.17, 15) is 14.3 Å². The quantitative estimate of drug-likeness (QED) is 0.767. The van der Waals surface area contributed by atoms with Crippen molar-refractivity contribution in [1.29, 1.82) is 0 Å². The van der Waals surface area contributed by atoms with Crippen LogP contribution >= 0.6 is 0 Å². The van der Waals surface area contributed by atoms with Gasteiger partial charge in [0, 0.05) is 18.9 Å². The average Bonchev–Trinajstić information content (AvgIpc) is 2.17.